The summed E-state index contributed by atoms with van der Waals surface area (Å²) in [6, 6.07) is 12.8. The lowest BCUT2D eigenvalue weighted by Crippen LogP contribution is -2.19. The third kappa shape index (κ3) is 4.14. The van der Waals surface area contributed by atoms with Gasteiger partial charge in [0, 0.05) is 24.1 Å². The number of thiocarbonyl (C=S) groups is 1. The highest BCUT2D eigenvalue weighted by Crippen LogP contribution is 2.16. The highest BCUT2D eigenvalue weighted by Gasteiger charge is 2.06. The standard InChI is InChI=1S/C17H14F2N4S/c18-13-4-7-16(15(19)10-13)22-17(24)21-14-5-2-12(3-6-14)11-23-9-1-8-20-23/h1-10H,11H2,(H2,21,22,24). The fourth-order valence-electron chi connectivity index (χ4n) is 2.15. The zero-order chi connectivity index (χ0) is 16.9. The van der Waals surface area contributed by atoms with Gasteiger partial charge >= 0.3 is 0 Å². The molecular weight excluding hydrogens is 330 g/mol. The summed E-state index contributed by atoms with van der Waals surface area (Å²) in [5.41, 5.74) is 1.97. The molecule has 0 saturated heterocycles. The van der Waals surface area contributed by atoms with Crippen LogP contribution in [0.25, 0.3) is 0 Å². The van der Waals surface area contributed by atoms with E-state index >= 15 is 0 Å². The first kappa shape index (κ1) is 16.1. The summed E-state index contributed by atoms with van der Waals surface area (Å²) in [6.07, 6.45) is 3.62. The average Bonchev–Trinajstić information content (AvgIpc) is 3.05. The topological polar surface area (TPSA) is 41.9 Å². The van der Waals surface area contributed by atoms with Crippen LogP contribution in [-0.2, 0) is 6.54 Å². The van der Waals surface area contributed by atoms with E-state index in [0.29, 0.717) is 6.54 Å². The van der Waals surface area contributed by atoms with Crippen molar-refractivity contribution in [1.29, 1.82) is 0 Å². The van der Waals surface area contributed by atoms with Gasteiger partial charge in [-0.2, -0.15) is 5.10 Å². The number of benzene rings is 2. The summed E-state index contributed by atoms with van der Waals surface area (Å²) >= 11 is 5.14. The summed E-state index contributed by atoms with van der Waals surface area (Å²) in [5, 5.41) is 10.0. The van der Waals surface area contributed by atoms with Gasteiger partial charge in [0.2, 0.25) is 0 Å². The average molecular weight is 344 g/mol. The number of halogens is 2. The molecule has 7 heteroatoms. The smallest absolute Gasteiger partial charge is 0.175 e. The monoisotopic (exact) mass is 344 g/mol. The largest absolute Gasteiger partial charge is 0.332 e. The first-order chi connectivity index (χ1) is 11.6. The zero-order valence-corrected chi connectivity index (χ0v) is 13.4. The van der Waals surface area contributed by atoms with Crippen LogP contribution in [0.5, 0.6) is 0 Å². The molecule has 0 atom stereocenters. The van der Waals surface area contributed by atoms with E-state index in [9.17, 15) is 8.78 Å². The Balaban J connectivity index is 1.60. The SMILES string of the molecule is Fc1ccc(NC(=S)Nc2ccc(Cn3cccn3)cc2)c(F)c1. The molecule has 0 aliphatic heterocycles. The highest BCUT2D eigenvalue weighted by atomic mass is 32.1. The van der Waals surface area contributed by atoms with E-state index in [1.807, 2.05) is 41.2 Å². The molecule has 0 spiro atoms. The third-order valence-corrected chi connectivity index (χ3v) is 3.50. The predicted molar refractivity (Wildman–Crippen MR) is 94.0 cm³/mol. The van der Waals surface area contributed by atoms with Gasteiger partial charge in [0.05, 0.1) is 12.2 Å². The normalized spacial score (nSPS) is 10.4. The number of nitrogens with one attached hydrogen (secondary N) is 2. The molecule has 122 valence electrons. The van der Waals surface area contributed by atoms with Gasteiger partial charge in [0.15, 0.2) is 5.11 Å². The van der Waals surface area contributed by atoms with E-state index < -0.39 is 11.6 Å². The van der Waals surface area contributed by atoms with Gasteiger partial charge < -0.3 is 10.6 Å². The van der Waals surface area contributed by atoms with Gasteiger partial charge in [-0.05, 0) is 48.1 Å². The van der Waals surface area contributed by atoms with Crippen LogP contribution < -0.4 is 10.6 Å². The fourth-order valence-corrected chi connectivity index (χ4v) is 2.38. The lowest BCUT2D eigenvalue weighted by atomic mass is 10.2. The quantitative estimate of drug-likeness (QED) is 0.702. The minimum absolute atomic E-state index is 0.115. The highest BCUT2D eigenvalue weighted by molar-refractivity contribution is 7.80. The Morgan fingerprint density at radius 1 is 1.08 bits per heavy atom. The molecule has 0 aliphatic rings. The van der Waals surface area contributed by atoms with Crippen molar-refractivity contribution in [3.63, 3.8) is 0 Å². The summed E-state index contributed by atoms with van der Waals surface area (Å²) in [7, 11) is 0. The van der Waals surface area contributed by atoms with Crippen LogP contribution in [0.4, 0.5) is 20.2 Å². The Kier molecular flexibility index (Phi) is 4.81. The Hall–Kier alpha value is -2.80. The Morgan fingerprint density at radius 3 is 2.54 bits per heavy atom. The summed E-state index contributed by atoms with van der Waals surface area (Å²) < 4.78 is 28.3. The first-order valence-electron chi connectivity index (χ1n) is 7.19. The van der Waals surface area contributed by atoms with Crippen LogP contribution in [0.15, 0.2) is 60.9 Å². The molecule has 2 aromatic carbocycles. The molecule has 4 nitrogen and oxygen atoms in total. The van der Waals surface area contributed by atoms with Crippen molar-refractivity contribution in [3.8, 4) is 0 Å². The molecule has 2 N–H and O–H groups in total. The molecule has 1 aromatic heterocycles. The Labute approximate surface area is 143 Å². The van der Waals surface area contributed by atoms with Gasteiger partial charge in [-0.3, -0.25) is 4.68 Å². The number of hydrogen-bond acceptors (Lipinski definition) is 2. The van der Waals surface area contributed by atoms with Crippen molar-refractivity contribution < 1.29 is 8.78 Å². The van der Waals surface area contributed by atoms with Crippen molar-refractivity contribution in [2.75, 3.05) is 10.6 Å². The summed E-state index contributed by atoms with van der Waals surface area (Å²) in [5.74, 6) is -1.33. The molecule has 0 amide bonds. The van der Waals surface area contributed by atoms with E-state index in [2.05, 4.69) is 15.7 Å². The summed E-state index contributed by atoms with van der Waals surface area (Å²) in [4.78, 5) is 0. The van der Waals surface area contributed by atoms with E-state index in [1.54, 1.807) is 6.20 Å². The van der Waals surface area contributed by atoms with Crippen LogP contribution >= 0.6 is 12.2 Å². The molecule has 0 radical (unpaired) electrons. The van der Waals surface area contributed by atoms with Crippen molar-refractivity contribution in [1.82, 2.24) is 9.78 Å². The van der Waals surface area contributed by atoms with Crippen LogP contribution in [0.1, 0.15) is 5.56 Å². The predicted octanol–water partition coefficient (Wildman–Crippen LogP) is 4.02. The molecule has 0 aliphatic carbocycles. The molecule has 0 fully saturated rings. The van der Waals surface area contributed by atoms with E-state index in [4.69, 9.17) is 12.2 Å². The summed E-state index contributed by atoms with van der Waals surface area (Å²) in [6.45, 7) is 0.677. The fraction of sp³-hybridized carbons (Fsp3) is 0.0588. The molecule has 3 aromatic rings. The van der Waals surface area contributed by atoms with Crippen LogP contribution in [0.3, 0.4) is 0 Å². The second kappa shape index (κ2) is 7.18. The van der Waals surface area contributed by atoms with E-state index in [1.165, 1.54) is 6.07 Å². The van der Waals surface area contributed by atoms with Crippen molar-refractivity contribution in [2.24, 2.45) is 0 Å². The molecule has 0 unspecified atom stereocenters. The molecule has 3 rings (SSSR count). The van der Waals surface area contributed by atoms with Gasteiger partial charge in [-0.15, -0.1) is 0 Å². The second-order valence-electron chi connectivity index (χ2n) is 5.10. The minimum Gasteiger partial charge on any atom is -0.332 e. The zero-order valence-electron chi connectivity index (χ0n) is 12.5. The van der Waals surface area contributed by atoms with Crippen molar-refractivity contribution in [3.05, 3.63) is 78.1 Å². The number of aromatic nitrogens is 2. The van der Waals surface area contributed by atoms with Gasteiger partial charge in [-0.1, -0.05) is 12.1 Å². The van der Waals surface area contributed by atoms with Crippen LogP contribution in [0, 0.1) is 11.6 Å². The molecular formula is C17H14F2N4S. The molecule has 1 heterocycles. The third-order valence-electron chi connectivity index (χ3n) is 3.29. The maximum absolute atomic E-state index is 13.6. The first-order valence-corrected chi connectivity index (χ1v) is 7.60. The van der Waals surface area contributed by atoms with Gasteiger partial charge in [-0.25, -0.2) is 8.78 Å². The molecule has 0 saturated carbocycles. The van der Waals surface area contributed by atoms with Gasteiger partial charge in [0.25, 0.3) is 0 Å². The maximum Gasteiger partial charge on any atom is 0.175 e. The molecule has 24 heavy (non-hydrogen) atoms. The maximum atomic E-state index is 13.6. The lowest BCUT2D eigenvalue weighted by molar-refractivity contribution is 0.586. The van der Waals surface area contributed by atoms with E-state index in [-0.39, 0.29) is 10.8 Å². The van der Waals surface area contributed by atoms with Crippen molar-refractivity contribution in [2.45, 2.75) is 6.54 Å². The number of nitrogens with zero attached hydrogens (tertiary/aromatic N) is 2. The van der Waals surface area contributed by atoms with Gasteiger partial charge in [0.1, 0.15) is 11.6 Å². The second-order valence-corrected chi connectivity index (χ2v) is 5.51. The van der Waals surface area contributed by atoms with Crippen LogP contribution in [-0.4, -0.2) is 14.9 Å². The Bertz CT molecular complexity index is 832. The van der Waals surface area contributed by atoms with Crippen LogP contribution in [0.2, 0.25) is 0 Å². The number of hydrogen-bond donors (Lipinski definition) is 2. The van der Waals surface area contributed by atoms with E-state index in [0.717, 1.165) is 23.4 Å². The van der Waals surface area contributed by atoms with Crippen molar-refractivity contribution >= 4 is 28.7 Å². The molecule has 0 bridgehead atoms. The number of rotatable bonds is 4. The Morgan fingerprint density at radius 2 is 1.88 bits per heavy atom. The lowest BCUT2D eigenvalue weighted by Gasteiger charge is -2.12. The number of anilines is 2. The minimum atomic E-state index is -0.700.